The summed E-state index contributed by atoms with van der Waals surface area (Å²) in [6.45, 7) is 4.68. The summed E-state index contributed by atoms with van der Waals surface area (Å²) in [7, 11) is 0. The van der Waals surface area contributed by atoms with Crippen molar-refractivity contribution >= 4 is 0 Å². The van der Waals surface area contributed by atoms with Crippen LogP contribution < -0.4 is 10.1 Å². The zero-order chi connectivity index (χ0) is 13.0. The third kappa shape index (κ3) is 3.75. The van der Waals surface area contributed by atoms with Crippen LogP contribution in [0, 0.1) is 25.2 Å². The highest BCUT2D eigenvalue weighted by atomic mass is 16.5. The Bertz CT molecular complexity index is 446. The predicted octanol–water partition coefficient (Wildman–Crippen LogP) is 2.72. The van der Waals surface area contributed by atoms with E-state index in [1.165, 1.54) is 18.4 Å². The van der Waals surface area contributed by atoms with Crippen LogP contribution in [0.25, 0.3) is 0 Å². The quantitative estimate of drug-likeness (QED) is 0.836. The Labute approximate surface area is 109 Å². The van der Waals surface area contributed by atoms with Crippen LogP contribution in [-0.4, -0.2) is 18.7 Å². The van der Waals surface area contributed by atoms with Crippen molar-refractivity contribution in [2.24, 2.45) is 0 Å². The van der Waals surface area contributed by atoms with Crippen LogP contribution in [0.5, 0.6) is 5.75 Å². The fraction of sp³-hybridized carbons (Fsp3) is 0.533. The molecule has 1 fully saturated rings. The van der Waals surface area contributed by atoms with Gasteiger partial charge < -0.3 is 4.74 Å². The number of nitriles is 1. The van der Waals surface area contributed by atoms with Gasteiger partial charge in [0.2, 0.25) is 0 Å². The molecule has 1 aromatic carbocycles. The molecule has 1 atom stereocenters. The van der Waals surface area contributed by atoms with Gasteiger partial charge in [-0.25, -0.2) is 0 Å². The molecule has 0 amide bonds. The van der Waals surface area contributed by atoms with Gasteiger partial charge in [-0.1, -0.05) is 12.1 Å². The first-order valence-electron chi connectivity index (χ1n) is 6.55. The van der Waals surface area contributed by atoms with Crippen molar-refractivity contribution in [2.75, 3.05) is 6.61 Å². The Morgan fingerprint density at radius 3 is 2.89 bits per heavy atom. The van der Waals surface area contributed by atoms with Gasteiger partial charge in [-0.15, -0.1) is 0 Å². The third-order valence-corrected chi connectivity index (χ3v) is 3.18. The van der Waals surface area contributed by atoms with Crippen molar-refractivity contribution in [3.63, 3.8) is 0 Å². The molecule has 3 heteroatoms. The highest BCUT2D eigenvalue weighted by Crippen LogP contribution is 2.21. The van der Waals surface area contributed by atoms with E-state index in [9.17, 15) is 0 Å². The maximum absolute atomic E-state index is 9.03. The van der Waals surface area contributed by atoms with E-state index in [4.69, 9.17) is 10.00 Å². The van der Waals surface area contributed by atoms with Gasteiger partial charge in [-0.3, -0.25) is 5.32 Å². The van der Waals surface area contributed by atoms with Crippen molar-refractivity contribution in [3.05, 3.63) is 29.3 Å². The fourth-order valence-electron chi connectivity index (χ4n) is 1.87. The molecular weight excluding hydrogens is 224 g/mol. The van der Waals surface area contributed by atoms with Gasteiger partial charge in [0, 0.05) is 12.5 Å². The minimum atomic E-state index is -0.0809. The lowest BCUT2D eigenvalue weighted by molar-refractivity contribution is 0.295. The molecule has 0 aromatic heterocycles. The highest BCUT2D eigenvalue weighted by molar-refractivity contribution is 5.35. The molecule has 96 valence electrons. The Kier molecular flexibility index (Phi) is 4.22. The highest BCUT2D eigenvalue weighted by Gasteiger charge is 2.24. The molecule has 1 aromatic rings. The van der Waals surface area contributed by atoms with Crippen molar-refractivity contribution in [1.82, 2.24) is 5.32 Å². The number of aryl methyl sites for hydroxylation is 2. The number of nitrogens with zero attached hydrogens (tertiary/aromatic N) is 1. The smallest absolute Gasteiger partial charge is 0.122 e. The molecule has 18 heavy (non-hydrogen) atoms. The summed E-state index contributed by atoms with van der Waals surface area (Å²) in [4.78, 5) is 0. The molecule has 1 N–H and O–H groups in total. The summed E-state index contributed by atoms with van der Waals surface area (Å²) in [5.74, 6) is 0.929. The third-order valence-electron chi connectivity index (χ3n) is 3.18. The molecule has 0 radical (unpaired) electrons. The van der Waals surface area contributed by atoms with E-state index >= 15 is 0 Å². The molecule has 0 aliphatic heterocycles. The zero-order valence-electron chi connectivity index (χ0n) is 11.1. The second kappa shape index (κ2) is 5.88. The largest absolute Gasteiger partial charge is 0.493 e. The van der Waals surface area contributed by atoms with Gasteiger partial charge in [0.15, 0.2) is 0 Å². The van der Waals surface area contributed by atoms with Crippen LogP contribution in [0.15, 0.2) is 18.2 Å². The normalized spacial score (nSPS) is 16.1. The Morgan fingerprint density at radius 1 is 1.44 bits per heavy atom. The second-order valence-corrected chi connectivity index (χ2v) is 5.03. The average Bonchev–Trinajstić information content (AvgIpc) is 3.16. The van der Waals surface area contributed by atoms with E-state index in [1.807, 2.05) is 13.0 Å². The molecule has 1 aliphatic carbocycles. The van der Waals surface area contributed by atoms with E-state index in [0.717, 1.165) is 17.7 Å². The van der Waals surface area contributed by atoms with Crippen molar-refractivity contribution in [3.8, 4) is 11.8 Å². The second-order valence-electron chi connectivity index (χ2n) is 5.03. The van der Waals surface area contributed by atoms with E-state index in [1.54, 1.807) is 0 Å². The Hall–Kier alpha value is -1.53. The summed E-state index contributed by atoms with van der Waals surface area (Å²) in [5, 5.41) is 12.3. The van der Waals surface area contributed by atoms with Crippen LogP contribution in [0.3, 0.4) is 0 Å². The van der Waals surface area contributed by atoms with E-state index in [-0.39, 0.29) is 6.04 Å². The SMILES string of the molecule is Cc1ccc(C)c(OCCC(C#N)NC2CC2)c1. The lowest BCUT2D eigenvalue weighted by Crippen LogP contribution is -2.31. The summed E-state index contributed by atoms with van der Waals surface area (Å²) < 4.78 is 5.76. The molecule has 2 rings (SSSR count). The van der Waals surface area contributed by atoms with Crippen molar-refractivity contribution in [2.45, 2.75) is 45.2 Å². The Balaban J connectivity index is 1.79. The molecule has 0 heterocycles. The van der Waals surface area contributed by atoms with E-state index < -0.39 is 0 Å². The van der Waals surface area contributed by atoms with Gasteiger partial charge in [0.05, 0.1) is 18.7 Å². The molecule has 3 nitrogen and oxygen atoms in total. The van der Waals surface area contributed by atoms with Crippen LogP contribution in [0.1, 0.15) is 30.4 Å². The van der Waals surface area contributed by atoms with Gasteiger partial charge in [0.1, 0.15) is 5.75 Å². The van der Waals surface area contributed by atoms with Gasteiger partial charge in [-0.05, 0) is 43.9 Å². The number of hydrogen-bond acceptors (Lipinski definition) is 3. The first-order valence-corrected chi connectivity index (χ1v) is 6.55. The van der Waals surface area contributed by atoms with E-state index in [2.05, 4.69) is 30.4 Å². The van der Waals surface area contributed by atoms with E-state index in [0.29, 0.717) is 12.6 Å². The number of rotatable bonds is 6. The van der Waals surface area contributed by atoms with Crippen LogP contribution in [0.4, 0.5) is 0 Å². The monoisotopic (exact) mass is 244 g/mol. The number of ether oxygens (including phenoxy) is 1. The molecule has 1 unspecified atom stereocenters. The number of nitrogens with one attached hydrogen (secondary N) is 1. The van der Waals surface area contributed by atoms with Crippen molar-refractivity contribution < 1.29 is 4.74 Å². The van der Waals surface area contributed by atoms with Crippen LogP contribution in [0.2, 0.25) is 0 Å². The van der Waals surface area contributed by atoms with Crippen LogP contribution >= 0.6 is 0 Å². The minimum absolute atomic E-state index is 0.0809. The van der Waals surface area contributed by atoms with Gasteiger partial charge in [0.25, 0.3) is 0 Å². The number of benzene rings is 1. The summed E-state index contributed by atoms with van der Waals surface area (Å²) >= 11 is 0. The minimum Gasteiger partial charge on any atom is -0.493 e. The molecule has 1 saturated carbocycles. The molecule has 1 aliphatic rings. The lowest BCUT2D eigenvalue weighted by atomic mass is 10.1. The first-order chi connectivity index (χ1) is 8.69. The van der Waals surface area contributed by atoms with Crippen LogP contribution in [-0.2, 0) is 0 Å². The molecular formula is C15H20N2O. The zero-order valence-corrected chi connectivity index (χ0v) is 11.1. The summed E-state index contributed by atoms with van der Waals surface area (Å²) in [5.41, 5.74) is 2.34. The topological polar surface area (TPSA) is 45.0 Å². The predicted molar refractivity (Wildman–Crippen MR) is 71.6 cm³/mol. The number of hydrogen-bond donors (Lipinski definition) is 1. The maximum atomic E-state index is 9.03. The van der Waals surface area contributed by atoms with Gasteiger partial charge >= 0.3 is 0 Å². The first kappa shape index (κ1) is 12.9. The summed E-state index contributed by atoms with van der Waals surface area (Å²) in [6, 6.07) is 8.97. The maximum Gasteiger partial charge on any atom is 0.122 e. The summed E-state index contributed by atoms with van der Waals surface area (Å²) in [6.07, 6.45) is 3.15. The van der Waals surface area contributed by atoms with Gasteiger partial charge in [-0.2, -0.15) is 5.26 Å². The standard InChI is InChI=1S/C15H20N2O/c1-11-3-4-12(2)15(9-11)18-8-7-14(10-16)17-13-5-6-13/h3-4,9,13-14,17H,5-8H2,1-2H3. The molecule has 0 spiro atoms. The lowest BCUT2D eigenvalue weighted by Gasteiger charge is -2.13. The molecule has 0 saturated heterocycles. The average molecular weight is 244 g/mol. The van der Waals surface area contributed by atoms with Crippen molar-refractivity contribution in [1.29, 1.82) is 5.26 Å². The molecule has 0 bridgehead atoms. The fourth-order valence-corrected chi connectivity index (χ4v) is 1.87. The Morgan fingerprint density at radius 2 is 2.22 bits per heavy atom.